The van der Waals surface area contributed by atoms with Gasteiger partial charge in [0.05, 0.1) is 22.7 Å². The van der Waals surface area contributed by atoms with Crippen molar-refractivity contribution in [1.82, 2.24) is 4.57 Å². The summed E-state index contributed by atoms with van der Waals surface area (Å²) in [6.07, 6.45) is 1.50. The van der Waals surface area contributed by atoms with E-state index in [4.69, 9.17) is 403 Å². The van der Waals surface area contributed by atoms with E-state index in [0.29, 0.717) is 16.8 Å². The molecule has 0 aliphatic carbocycles. The Bertz CT molecular complexity index is 1080. The highest BCUT2D eigenvalue weighted by molar-refractivity contribution is 6.36. The van der Waals surface area contributed by atoms with E-state index in [1.165, 1.54) is 12.1 Å². The van der Waals surface area contributed by atoms with Crippen LogP contribution in [0.2, 0.25) is 10.0 Å². The van der Waals surface area contributed by atoms with Crippen LogP contribution < -0.4 is 5.32 Å². The lowest BCUT2D eigenvalue weighted by molar-refractivity contribution is -0.136. The minimum Gasteiger partial charge on any atom is -0.481 e. The number of halogens is 84. The number of rotatable bonds is 4. The van der Waals surface area contributed by atoms with Crippen molar-refractivity contribution in [2.75, 3.05) is 5.32 Å². The zero-order valence-electron chi connectivity index (χ0n) is 44.2. The number of nitrogens with one attached hydrogen (secondary N) is 1. The number of aromatic nitrogens is 1. The average molecular weight is 1940 g/mol. The van der Waals surface area contributed by atoms with Crippen molar-refractivity contribution in [2.45, 2.75) is 6.42 Å². The predicted molar refractivity (Wildman–Crippen MR) is 190 cm³/mol. The molecule has 0 saturated heterocycles. The molecule has 0 bridgehead atoms. The van der Waals surface area contributed by atoms with Gasteiger partial charge in [0.15, 0.2) is 0 Å². The van der Waals surface area contributed by atoms with E-state index in [0.717, 1.165) is 10.9 Å². The highest BCUT2D eigenvalue weighted by Crippen LogP contribution is 2.31. The Labute approximate surface area is 530 Å². The number of carboxylic acids is 1. The Morgan fingerprint density at radius 1 is 0.290 bits per heavy atom. The Morgan fingerprint density at radius 2 is 0.458 bits per heavy atom. The summed E-state index contributed by atoms with van der Waals surface area (Å²) in [7, 11) is 1.86. The predicted octanol–water partition coefficient (Wildman–Crippen LogP) is 38.8. The standard InChI is InChI=1S/C18H14Cl2N2O3.41F2/c1-22-9-12(11-4-2-3-5-16(11)22)18(25)21-15-8-13(19)10(6-14(15)20)7-17(23)24;41*1-2/h2-6,8-9H,7H2,1H3,(H,21,25)(H,23,24);;;;;;;;;;;;;;;;;;;;;;;;;;;;;;;;;;;;;;;;;. The zero-order chi connectivity index (χ0) is 100. The van der Waals surface area contributed by atoms with Crippen molar-refractivity contribution in [1.29, 1.82) is 0 Å². The number of anilines is 1. The number of aryl methyl sites for hydroxylation is 1. The smallest absolute Gasteiger partial charge is 0.307 e. The van der Waals surface area contributed by atoms with Gasteiger partial charge in [-0.3, -0.25) is 9.59 Å². The van der Waals surface area contributed by atoms with Crippen LogP contribution in [0.5, 0.6) is 0 Å². The highest BCUT2D eigenvalue weighted by atomic mass is 35.5. The first kappa shape index (κ1) is 264. The van der Waals surface area contributed by atoms with Gasteiger partial charge in [0.25, 0.3) is 5.91 Å². The summed E-state index contributed by atoms with van der Waals surface area (Å²) < 4.78 is 658. The molecular weight excluding hydrogens is 1920 g/mol. The maximum absolute atomic E-state index is 12.6. The van der Waals surface area contributed by atoms with Crippen LogP contribution in [0.3, 0.4) is 0 Å². The fourth-order valence-electron chi connectivity index (χ4n) is 2.69. The van der Waals surface area contributed by atoms with Crippen LogP contribution in [0.15, 0.2) is 42.6 Å². The van der Waals surface area contributed by atoms with Crippen molar-refractivity contribution in [3.8, 4) is 0 Å². The number of hydrogen-bond donors (Lipinski definition) is 2. The molecule has 0 fully saturated rings. The largest absolute Gasteiger partial charge is 0.481 e. The number of carboxylic acid groups (broad SMARTS) is 1. The quantitative estimate of drug-likeness (QED) is 0.256. The van der Waals surface area contributed by atoms with E-state index in [1.54, 1.807) is 6.20 Å². The Kier molecular flexibility index (Phi) is 2390. The molecule has 0 radical (unpaired) electrons. The van der Waals surface area contributed by atoms with Gasteiger partial charge < -0.3 is 15.0 Å². The van der Waals surface area contributed by atoms with E-state index in [-0.39, 0.29) is 22.4 Å². The Morgan fingerprint density at radius 3 is 0.626 bits per heavy atom. The van der Waals surface area contributed by atoms with Crippen molar-refractivity contribution >= 4 is 51.7 Å². The summed E-state index contributed by atoms with van der Waals surface area (Å²) in [6, 6.07) is 10.5. The van der Waals surface area contributed by atoms with E-state index in [1.807, 2.05) is 35.9 Å². The lowest BCUT2D eigenvalue weighted by atomic mass is 10.1. The highest BCUT2D eigenvalue weighted by Gasteiger charge is 2.17. The summed E-state index contributed by atoms with van der Waals surface area (Å²) in [6.45, 7) is 0. The molecule has 1 heterocycles. The summed E-state index contributed by atoms with van der Waals surface area (Å²) >= 11 is 12.3. The second-order valence-electron chi connectivity index (χ2n) is 5.62. The maximum Gasteiger partial charge on any atom is 0.307 e. The number of carbonyl (C=O) groups excluding carboxylic acids is 1. The van der Waals surface area contributed by atoms with Crippen LogP contribution in [0.25, 0.3) is 10.9 Å². The van der Waals surface area contributed by atoms with Crippen LogP contribution in [-0.4, -0.2) is 21.6 Å². The number of fused-ring (bicyclic) bond motifs is 1. The summed E-state index contributed by atoms with van der Waals surface area (Å²) in [4.78, 5) is 23.5. The molecule has 0 spiro atoms. The molecule has 5 nitrogen and oxygen atoms in total. The second-order valence-corrected chi connectivity index (χ2v) is 6.43. The van der Waals surface area contributed by atoms with Gasteiger partial charge in [0.2, 0.25) is 0 Å². The topological polar surface area (TPSA) is 71.3 Å². The third kappa shape index (κ3) is 490. The minimum absolute atomic E-state index is 0.231. The third-order valence-corrected chi connectivity index (χ3v) is 4.53. The van der Waals surface area contributed by atoms with Crippen LogP contribution in [0.1, 0.15) is 15.9 Å². The molecule has 3 aromatic rings. The Balaban J connectivity index is -0.0000000132. The molecule has 3 rings (SSSR count). The number of para-hydroxylation sites is 1. The first-order chi connectivity index (χ1) is 52.9. The van der Waals surface area contributed by atoms with Crippen molar-refractivity contribution in [3.05, 3.63) is 63.8 Å². The number of benzene rings is 2. The second kappa shape index (κ2) is 967. The molecule has 0 unspecified atom stereocenters. The molecule has 0 atom stereocenters. The molecule has 1 amide bonds. The number of nitrogens with zero attached hydrogens (tertiary/aromatic N) is 1. The van der Waals surface area contributed by atoms with E-state index in [9.17, 15) is 9.59 Å². The van der Waals surface area contributed by atoms with Gasteiger partial charge in [0, 0.05) is 404 Å². The first-order valence-corrected chi connectivity index (χ1v) is 14.0. The Hall–Kier alpha value is -8.24. The molecule has 2 aromatic carbocycles. The number of hydrogen-bond acceptors (Lipinski definition) is 2. The molecule has 0 aliphatic rings. The molecule has 2 N–H and O–H groups in total. The molecule has 89 heteroatoms. The van der Waals surface area contributed by atoms with Crippen molar-refractivity contribution in [3.63, 3.8) is 0 Å². The first-order valence-electron chi connectivity index (χ1n) is 13.3. The molecule has 0 aliphatic heterocycles. The number of carbonyl (C=O) groups is 2. The summed E-state index contributed by atoms with van der Waals surface area (Å²) in [5.74, 6) is -1.33. The van der Waals surface area contributed by atoms with Crippen molar-refractivity contribution < 1.29 is 390 Å². The number of amides is 1. The third-order valence-electron chi connectivity index (χ3n) is 3.87. The van der Waals surface area contributed by atoms with Crippen LogP contribution in [-0.2, 0) is 18.3 Å². The normalized spacial score (nSPS) is 4.83. The molecule has 0 saturated carbocycles. The van der Waals surface area contributed by atoms with Gasteiger partial charge in [-0.15, -0.1) is 0 Å². The lowest BCUT2D eigenvalue weighted by Crippen LogP contribution is -2.12. The molecule has 702 valence electrons. The summed E-state index contributed by atoms with van der Waals surface area (Å²) in [5, 5.41) is 12.9. The molecule has 1 aromatic heterocycles. The fourth-order valence-corrected chi connectivity index (χ4v) is 3.16. The maximum atomic E-state index is 12.6. The van der Waals surface area contributed by atoms with E-state index >= 15 is 0 Å². The molecular formula is C18H14Cl2F82N2O3. The summed E-state index contributed by atoms with van der Waals surface area (Å²) in [5.41, 5.74) is 2.18. The van der Waals surface area contributed by atoms with Crippen LogP contribution in [0, 0.1) is 0 Å². The monoisotopic (exact) mass is 1930 g/mol. The van der Waals surface area contributed by atoms with Crippen molar-refractivity contribution in [2.24, 2.45) is 7.05 Å². The number of aliphatic carboxylic acids is 1. The SMILES string of the molecule is Cn1cc(C(=O)Nc2cc(Cl)c(CC(=O)O)cc2Cl)c2ccccc21.FF.FF.FF.FF.FF.FF.FF.FF.FF.FF.FF.FF.FF.FF.FF.FF.FF.FF.FF.FF.FF.FF.FF.FF.FF.FF.FF.FF.FF.FF.FF.FF.FF.FF.FF.FF.FF.FF.FF.FF.FF. The van der Waals surface area contributed by atoms with Gasteiger partial charge in [-0.2, -0.15) is 0 Å². The fraction of sp³-hybridized carbons (Fsp3) is 0.111. The lowest BCUT2D eigenvalue weighted by Gasteiger charge is -2.10. The van der Waals surface area contributed by atoms with Crippen LogP contribution >= 0.6 is 23.2 Å². The average Bonchev–Trinajstić information content (AvgIpc) is 1.68. The molecule has 107 heavy (non-hydrogen) atoms. The van der Waals surface area contributed by atoms with Gasteiger partial charge in [0.1, 0.15) is 0 Å². The van der Waals surface area contributed by atoms with Gasteiger partial charge in [-0.05, 0) is 23.8 Å². The van der Waals surface area contributed by atoms with Gasteiger partial charge in [-0.25, -0.2) is 0 Å². The minimum atomic E-state index is -1.01. The van der Waals surface area contributed by atoms with E-state index < -0.39 is 5.97 Å². The van der Waals surface area contributed by atoms with Gasteiger partial charge >= 0.3 is 5.97 Å². The van der Waals surface area contributed by atoms with E-state index in [2.05, 4.69) is 5.32 Å². The van der Waals surface area contributed by atoms with Gasteiger partial charge in [-0.1, -0.05) is 41.4 Å². The zero-order valence-corrected chi connectivity index (χ0v) is 45.7. The van der Waals surface area contributed by atoms with Crippen LogP contribution in [0.4, 0.5) is 381 Å².